The summed E-state index contributed by atoms with van der Waals surface area (Å²) in [5.41, 5.74) is 6.46. The smallest absolute Gasteiger partial charge is 0.125 e. The Balaban J connectivity index is 2.61. The van der Waals surface area contributed by atoms with E-state index in [2.05, 4.69) is 6.92 Å². The predicted octanol–water partition coefficient (Wildman–Crippen LogP) is 2.86. The number of nitrogen functional groups attached to an aromatic ring is 1. The zero-order valence-electron chi connectivity index (χ0n) is 11.4. The van der Waals surface area contributed by atoms with Crippen LogP contribution in [0.5, 0.6) is 11.5 Å². The molecule has 102 valence electrons. The summed E-state index contributed by atoms with van der Waals surface area (Å²) in [7, 11) is 0. The first-order valence-electron chi connectivity index (χ1n) is 6.43. The zero-order valence-corrected chi connectivity index (χ0v) is 11.4. The Morgan fingerprint density at radius 3 is 2.56 bits per heavy atom. The molecule has 0 bridgehead atoms. The summed E-state index contributed by atoms with van der Waals surface area (Å²) in [6.45, 7) is 7.92. The van der Waals surface area contributed by atoms with Crippen molar-refractivity contribution in [3.05, 3.63) is 18.2 Å². The van der Waals surface area contributed by atoms with Crippen LogP contribution in [0.2, 0.25) is 0 Å². The van der Waals surface area contributed by atoms with E-state index in [-0.39, 0.29) is 6.10 Å². The molecular weight excluding hydrogens is 230 g/mol. The monoisotopic (exact) mass is 253 g/mol. The van der Waals surface area contributed by atoms with E-state index >= 15 is 0 Å². The van der Waals surface area contributed by atoms with Crippen LogP contribution < -0.4 is 15.2 Å². The van der Waals surface area contributed by atoms with Crippen molar-refractivity contribution in [2.45, 2.75) is 33.3 Å². The van der Waals surface area contributed by atoms with Gasteiger partial charge in [0.05, 0.1) is 13.2 Å². The number of rotatable bonds is 8. The lowest BCUT2D eigenvalue weighted by Gasteiger charge is -2.16. The number of ether oxygens (including phenoxy) is 3. The van der Waals surface area contributed by atoms with Crippen LogP contribution in [-0.4, -0.2) is 25.9 Å². The molecular formula is C14H23NO3. The predicted molar refractivity (Wildman–Crippen MR) is 73.2 cm³/mol. The molecule has 0 aliphatic rings. The van der Waals surface area contributed by atoms with Gasteiger partial charge in [-0.1, -0.05) is 6.92 Å². The molecule has 1 aromatic carbocycles. The topological polar surface area (TPSA) is 53.7 Å². The van der Waals surface area contributed by atoms with Gasteiger partial charge in [-0.3, -0.25) is 0 Å². The molecule has 1 atom stereocenters. The van der Waals surface area contributed by atoms with Gasteiger partial charge in [-0.2, -0.15) is 0 Å². The number of benzene rings is 1. The molecule has 0 aliphatic heterocycles. The largest absolute Gasteiger partial charge is 0.493 e. The normalized spacial score (nSPS) is 12.2. The third kappa shape index (κ3) is 5.27. The Morgan fingerprint density at radius 2 is 1.89 bits per heavy atom. The molecule has 1 rings (SSSR count). The summed E-state index contributed by atoms with van der Waals surface area (Å²) >= 11 is 0. The van der Waals surface area contributed by atoms with Gasteiger partial charge in [0, 0.05) is 30.5 Å². The fourth-order valence-corrected chi connectivity index (χ4v) is 1.52. The average molecular weight is 253 g/mol. The lowest BCUT2D eigenvalue weighted by molar-refractivity contribution is 0.0656. The van der Waals surface area contributed by atoms with Crippen molar-refractivity contribution in [1.29, 1.82) is 0 Å². The minimum absolute atomic E-state index is 0.00854. The molecule has 18 heavy (non-hydrogen) atoms. The highest BCUT2D eigenvalue weighted by atomic mass is 16.5. The number of hydrogen-bond acceptors (Lipinski definition) is 4. The van der Waals surface area contributed by atoms with E-state index in [4.69, 9.17) is 19.9 Å². The van der Waals surface area contributed by atoms with Crippen molar-refractivity contribution < 1.29 is 14.2 Å². The van der Waals surface area contributed by atoms with Crippen LogP contribution in [0.1, 0.15) is 27.2 Å². The van der Waals surface area contributed by atoms with E-state index in [1.807, 2.05) is 19.9 Å². The van der Waals surface area contributed by atoms with Crippen LogP contribution in [0.4, 0.5) is 5.69 Å². The first-order valence-corrected chi connectivity index (χ1v) is 6.43. The summed E-state index contributed by atoms with van der Waals surface area (Å²) in [6.07, 6.45) is 0.955. The molecule has 0 fully saturated rings. The minimum atomic E-state index is -0.00854. The third-order valence-electron chi connectivity index (χ3n) is 2.27. The van der Waals surface area contributed by atoms with Crippen molar-refractivity contribution >= 4 is 5.69 Å². The summed E-state index contributed by atoms with van der Waals surface area (Å²) < 4.78 is 16.6. The highest BCUT2D eigenvalue weighted by Crippen LogP contribution is 2.25. The Bertz CT molecular complexity index is 355. The molecule has 0 heterocycles. The van der Waals surface area contributed by atoms with E-state index in [1.54, 1.807) is 12.1 Å². The Morgan fingerprint density at radius 1 is 1.17 bits per heavy atom. The van der Waals surface area contributed by atoms with Crippen LogP contribution in [0.15, 0.2) is 18.2 Å². The van der Waals surface area contributed by atoms with E-state index in [0.717, 1.165) is 12.2 Å². The maximum absolute atomic E-state index is 5.82. The number of nitrogens with two attached hydrogens (primary N) is 1. The molecule has 4 heteroatoms. The molecule has 0 radical (unpaired) electrons. The highest BCUT2D eigenvalue weighted by molar-refractivity contribution is 5.50. The molecule has 2 N–H and O–H groups in total. The Kier molecular flexibility index (Phi) is 6.36. The number of anilines is 1. The van der Waals surface area contributed by atoms with E-state index in [0.29, 0.717) is 31.3 Å². The molecule has 4 nitrogen and oxygen atoms in total. The first kappa shape index (κ1) is 14.6. The van der Waals surface area contributed by atoms with Crippen LogP contribution in [-0.2, 0) is 4.74 Å². The van der Waals surface area contributed by atoms with E-state index < -0.39 is 0 Å². The van der Waals surface area contributed by atoms with Gasteiger partial charge in [0.25, 0.3) is 0 Å². The van der Waals surface area contributed by atoms with E-state index in [1.165, 1.54) is 0 Å². The van der Waals surface area contributed by atoms with Crippen LogP contribution in [0.25, 0.3) is 0 Å². The third-order valence-corrected chi connectivity index (χ3v) is 2.27. The maximum Gasteiger partial charge on any atom is 0.125 e. The van der Waals surface area contributed by atoms with Crippen molar-refractivity contribution in [2.24, 2.45) is 0 Å². The Hall–Kier alpha value is -1.42. The van der Waals surface area contributed by atoms with Crippen molar-refractivity contribution in [3.8, 4) is 11.5 Å². The summed E-state index contributed by atoms with van der Waals surface area (Å²) in [5.74, 6) is 1.46. The summed E-state index contributed by atoms with van der Waals surface area (Å²) in [5, 5.41) is 0. The molecule has 1 aromatic rings. The lowest BCUT2D eigenvalue weighted by Crippen LogP contribution is -2.19. The molecule has 0 aliphatic carbocycles. The molecule has 0 saturated heterocycles. The molecule has 0 saturated carbocycles. The fraction of sp³-hybridized carbons (Fsp3) is 0.571. The second kappa shape index (κ2) is 7.82. The minimum Gasteiger partial charge on any atom is -0.493 e. The van der Waals surface area contributed by atoms with Gasteiger partial charge in [-0.15, -0.1) is 0 Å². The lowest BCUT2D eigenvalue weighted by atomic mass is 10.3. The first-order chi connectivity index (χ1) is 8.65. The van der Waals surface area contributed by atoms with Crippen LogP contribution in [0, 0.1) is 0 Å². The van der Waals surface area contributed by atoms with Crippen molar-refractivity contribution in [1.82, 2.24) is 0 Å². The highest BCUT2D eigenvalue weighted by Gasteiger charge is 2.06. The summed E-state index contributed by atoms with van der Waals surface area (Å²) in [4.78, 5) is 0. The Labute approximate surface area is 109 Å². The standard InChI is InChI=1S/C14H23NO3/c1-4-6-17-13-7-12(15)8-14(9-13)18-11(3)10-16-5-2/h7-9,11H,4-6,10,15H2,1-3H3. The molecule has 0 aromatic heterocycles. The molecule has 0 amide bonds. The van der Waals surface area contributed by atoms with Gasteiger partial charge in [-0.25, -0.2) is 0 Å². The van der Waals surface area contributed by atoms with Crippen LogP contribution >= 0.6 is 0 Å². The second-order valence-electron chi connectivity index (χ2n) is 4.17. The SMILES string of the molecule is CCCOc1cc(N)cc(OC(C)COCC)c1. The van der Waals surface area contributed by atoms with Gasteiger partial charge in [0.15, 0.2) is 0 Å². The summed E-state index contributed by atoms with van der Waals surface area (Å²) in [6, 6.07) is 5.45. The van der Waals surface area contributed by atoms with Crippen molar-refractivity contribution in [2.75, 3.05) is 25.6 Å². The zero-order chi connectivity index (χ0) is 13.4. The average Bonchev–Trinajstić information content (AvgIpc) is 2.33. The van der Waals surface area contributed by atoms with Gasteiger partial charge in [0.2, 0.25) is 0 Å². The number of hydrogen-bond donors (Lipinski definition) is 1. The fourth-order valence-electron chi connectivity index (χ4n) is 1.52. The van der Waals surface area contributed by atoms with E-state index in [9.17, 15) is 0 Å². The van der Waals surface area contributed by atoms with Gasteiger partial charge in [-0.05, 0) is 20.3 Å². The molecule has 0 spiro atoms. The van der Waals surface area contributed by atoms with Gasteiger partial charge < -0.3 is 19.9 Å². The maximum atomic E-state index is 5.82. The van der Waals surface area contributed by atoms with Crippen LogP contribution in [0.3, 0.4) is 0 Å². The van der Waals surface area contributed by atoms with Gasteiger partial charge in [0.1, 0.15) is 17.6 Å². The molecule has 1 unspecified atom stereocenters. The van der Waals surface area contributed by atoms with Crippen molar-refractivity contribution in [3.63, 3.8) is 0 Å². The quantitative estimate of drug-likeness (QED) is 0.724. The van der Waals surface area contributed by atoms with Gasteiger partial charge >= 0.3 is 0 Å². The second-order valence-corrected chi connectivity index (χ2v) is 4.17.